The summed E-state index contributed by atoms with van der Waals surface area (Å²) in [5.41, 5.74) is 0.512. The number of carbonyl (C=O) groups excluding carboxylic acids is 1. The molecular formula is C17H27NO3. The van der Waals surface area contributed by atoms with Gasteiger partial charge in [0.15, 0.2) is 0 Å². The van der Waals surface area contributed by atoms with E-state index in [0.29, 0.717) is 6.61 Å². The first kappa shape index (κ1) is 17.5. The summed E-state index contributed by atoms with van der Waals surface area (Å²) in [6.45, 7) is 10.6. The van der Waals surface area contributed by atoms with E-state index in [9.17, 15) is 4.79 Å². The highest BCUT2D eigenvalue weighted by atomic mass is 16.5. The van der Waals surface area contributed by atoms with E-state index < -0.39 is 5.54 Å². The highest BCUT2D eigenvalue weighted by Gasteiger charge is 2.34. The minimum atomic E-state index is -0.849. The summed E-state index contributed by atoms with van der Waals surface area (Å²) in [6.07, 6.45) is 0. The van der Waals surface area contributed by atoms with Crippen molar-refractivity contribution in [3.05, 3.63) is 29.8 Å². The van der Waals surface area contributed by atoms with Crippen molar-refractivity contribution in [2.75, 3.05) is 20.3 Å². The van der Waals surface area contributed by atoms with Crippen LogP contribution in [0.3, 0.4) is 0 Å². The Labute approximate surface area is 127 Å². The van der Waals surface area contributed by atoms with Crippen molar-refractivity contribution in [2.45, 2.75) is 45.6 Å². The van der Waals surface area contributed by atoms with Gasteiger partial charge in [0.2, 0.25) is 0 Å². The minimum Gasteiger partial charge on any atom is -0.491 e. The number of hydrogen-bond acceptors (Lipinski definition) is 4. The van der Waals surface area contributed by atoms with Crippen molar-refractivity contribution in [3.63, 3.8) is 0 Å². The number of nitrogens with one attached hydrogen (secondary N) is 1. The number of esters is 1. The topological polar surface area (TPSA) is 47.6 Å². The van der Waals surface area contributed by atoms with E-state index in [1.165, 1.54) is 5.56 Å². The maximum Gasteiger partial charge on any atom is 0.329 e. The molecule has 0 aliphatic heterocycles. The molecule has 1 aromatic rings. The second-order valence-corrected chi connectivity index (χ2v) is 6.37. The number of rotatable bonds is 6. The summed E-state index contributed by atoms with van der Waals surface area (Å²) in [5, 5.41) is 2.97. The molecule has 0 heterocycles. The fraction of sp³-hybridized carbons (Fsp3) is 0.588. The lowest BCUT2D eigenvalue weighted by Crippen LogP contribution is -2.53. The number of ether oxygens (including phenoxy) is 2. The van der Waals surface area contributed by atoms with E-state index >= 15 is 0 Å². The molecule has 118 valence electrons. The number of likely N-dealkylation sites (N-methyl/N-ethyl adjacent to an activating group) is 1. The highest BCUT2D eigenvalue weighted by molar-refractivity contribution is 5.80. The van der Waals surface area contributed by atoms with Crippen molar-refractivity contribution in [1.29, 1.82) is 0 Å². The normalized spacial score (nSPS) is 14.4. The lowest BCUT2D eigenvalue weighted by Gasteiger charge is -2.26. The van der Waals surface area contributed by atoms with Crippen LogP contribution in [0.25, 0.3) is 0 Å². The fourth-order valence-electron chi connectivity index (χ4n) is 1.80. The van der Waals surface area contributed by atoms with E-state index in [1.54, 1.807) is 20.9 Å². The molecule has 0 amide bonds. The summed E-state index contributed by atoms with van der Waals surface area (Å²) in [4.78, 5) is 11.9. The SMILES string of the molecule is CCOC(=O)C(C)(COc1ccc(C(C)(C)C)cc1)NC. The van der Waals surface area contributed by atoms with Crippen molar-refractivity contribution < 1.29 is 14.3 Å². The van der Waals surface area contributed by atoms with Crippen LogP contribution < -0.4 is 10.1 Å². The summed E-state index contributed by atoms with van der Waals surface area (Å²) in [6, 6.07) is 7.97. The number of hydrogen-bond donors (Lipinski definition) is 1. The third-order valence-corrected chi connectivity index (χ3v) is 3.53. The van der Waals surface area contributed by atoms with Crippen LogP contribution in [0.4, 0.5) is 0 Å². The van der Waals surface area contributed by atoms with Crippen LogP contribution in [0.2, 0.25) is 0 Å². The van der Waals surface area contributed by atoms with Crippen LogP contribution in [0.1, 0.15) is 40.2 Å². The second-order valence-electron chi connectivity index (χ2n) is 6.37. The monoisotopic (exact) mass is 293 g/mol. The van der Waals surface area contributed by atoms with Crippen LogP contribution in [-0.2, 0) is 14.9 Å². The zero-order chi connectivity index (χ0) is 16.1. The van der Waals surface area contributed by atoms with E-state index in [1.807, 2.05) is 12.1 Å². The van der Waals surface area contributed by atoms with Gasteiger partial charge in [0.05, 0.1) is 6.61 Å². The molecule has 0 saturated carbocycles. The predicted molar refractivity (Wildman–Crippen MR) is 84.7 cm³/mol. The van der Waals surface area contributed by atoms with Gasteiger partial charge < -0.3 is 14.8 Å². The molecule has 4 heteroatoms. The van der Waals surface area contributed by atoms with Crippen LogP contribution in [0.15, 0.2) is 24.3 Å². The third kappa shape index (κ3) is 4.74. The van der Waals surface area contributed by atoms with Crippen molar-refractivity contribution >= 4 is 5.97 Å². The molecular weight excluding hydrogens is 266 g/mol. The molecule has 0 saturated heterocycles. The molecule has 1 aromatic carbocycles. The molecule has 1 atom stereocenters. The molecule has 0 radical (unpaired) electrons. The second kappa shape index (κ2) is 6.94. The number of carbonyl (C=O) groups is 1. The lowest BCUT2D eigenvalue weighted by molar-refractivity contribution is -0.151. The Morgan fingerprint density at radius 2 is 1.71 bits per heavy atom. The van der Waals surface area contributed by atoms with Gasteiger partial charge >= 0.3 is 5.97 Å². The zero-order valence-corrected chi connectivity index (χ0v) is 13.9. The molecule has 21 heavy (non-hydrogen) atoms. The van der Waals surface area contributed by atoms with Gasteiger partial charge in [-0.3, -0.25) is 0 Å². The molecule has 0 aliphatic rings. The van der Waals surface area contributed by atoms with Gasteiger partial charge in [-0.25, -0.2) is 4.79 Å². The van der Waals surface area contributed by atoms with Gasteiger partial charge in [-0.2, -0.15) is 0 Å². The quantitative estimate of drug-likeness (QED) is 0.819. The Morgan fingerprint density at radius 1 is 1.14 bits per heavy atom. The third-order valence-electron chi connectivity index (χ3n) is 3.53. The van der Waals surface area contributed by atoms with Gasteiger partial charge in [-0.15, -0.1) is 0 Å². The lowest BCUT2D eigenvalue weighted by atomic mass is 9.87. The Kier molecular flexibility index (Phi) is 5.78. The number of benzene rings is 1. The Hall–Kier alpha value is -1.55. The maximum atomic E-state index is 11.9. The average Bonchev–Trinajstić information content (AvgIpc) is 2.44. The van der Waals surface area contributed by atoms with E-state index in [4.69, 9.17) is 9.47 Å². The van der Waals surface area contributed by atoms with Crippen LogP contribution in [-0.4, -0.2) is 31.8 Å². The molecule has 0 bridgehead atoms. The molecule has 0 aromatic heterocycles. The highest BCUT2D eigenvalue weighted by Crippen LogP contribution is 2.24. The standard InChI is InChI=1S/C17H27NO3/c1-7-20-15(19)17(5,18-6)12-21-14-10-8-13(9-11-14)16(2,3)4/h8-11,18H,7,12H2,1-6H3. The summed E-state index contributed by atoms with van der Waals surface area (Å²) in [7, 11) is 1.73. The van der Waals surface area contributed by atoms with E-state index in [-0.39, 0.29) is 18.0 Å². The summed E-state index contributed by atoms with van der Waals surface area (Å²) in [5.74, 6) is 0.438. The first-order valence-electron chi connectivity index (χ1n) is 7.32. The summed E-state index contributed by atoms with van der Waals surface area (Å²) >= 11 is 0. The van der Waals surface area contributed by atoms with E-state index in [2.05, 4.69) is 38.2 Å². The largest absolute Gasteiger partial charge is 0.491 e. The zero-order valence-electron chi connectivity index (χ0n) is 13.9. The van der Waals surface area contributed by atoms with Gasteiger partial charge in [-0.05, 0) is 44.0 Å². The average molecular weight is 293 g/mol. The molecule has 0 spiro atoms. The molecule has 1 N–H and O–H groups in total. The minimum absolute atomic E-state index is 0.114. The Morgan fingerprint density at radius 3 is 2.14 bits per heavy atom. The summed E-state index contributed by atoms with van der Waals surface area (Å²) < 4.78 is 10.8. The first-order valence-corrected chi connectivity index (χ1v) is 7.32. The smallest absolute Gasteiger partial charge is 0.329 e. The van der Waals surface area contributed by atoms with E-state index in [0.717, 1.165) is 5.75 Å². The van der Waals surface area contributed by atoms with Gasteiger partial charge in [0.1, 0.15) is 17.9 Å². The maximum absolute atomic E-state index is 11.9. The van der Waals surface area contributed by atoms with Crippen molar-refractivity contribution in [3.8, 4) is 5.75 Å². The fourth-order valence-corrected chi connectivity index (χ4v) is 1.80. The molecule has 4 nitrogen and oxygen atoms in total. The van der Waals surface area contributed by atoms with Gasteiger partial charge in [0, 0.05) is 0 Å². The molecule has 0 fully saturated rings. The first-order chi connectivity index (χ1) is 9.73. The molecule has 0 aliphatic carbocycles. The van der Waals surface area contributed by atoms with Crippen LogP contribution in [0, 0.1) is 0 Å². The van der Waals surface area contributed by atoms with Crippen LogP contribution >= 0.6 is 0 Å². The van der Waals surface area contributed by atoms with Gasteiger partial charge in [-0.1, -0.05) is 32.9 Å². The Balaban J connectivity index is 2.71. The van der Waals surface area contributed by atoms with Crippen molar-refractivity contribution in [2.24, 2.45) is 0 Å². The van der Waals surface area contributed by atoms with Crippen molar-refractivity contribution in [1.82, 2.24) is 5.32 Å². The predicted octanol–water partition coefficient (Wildman–Crippen LogP) is 2.90. The Bertz CT molecular complexity index is 462. The molecule has 1 unspecified atom stereocenters. The molecule has 1 rings (SSSR count). The van der Waals surface area contributed by atoms with Gasteiger partial charge in [0.25, 0.3) is 0 Å². The van der Waals surface area contributed by atoms with Crippen LogP contribution in [0.5, 0.6) is 5.75 Å².